The van der Waals surface area contributed by atoms with Gasteiger partial charge in [0.15, 0.2) is 11.6 Å². The number of rotatable bonds is 5. The maximum absolute atomic E-state index is 15.0. The van der Waals surface area contributed by atoms with Crippen LogP contribution in [0, 0.1) is 41.2 Å². The van der Waals surface area contributed by atoms with Gasteiger partial charge in [0.1, 0.15) is 12.4 Å². The van der Waals surface area contributed by atoms with Crippen LogP contribution in [-0.2, 0) is 0 Å². The van der Waals surface area contributed by atoms with Crippen molar-refractivity contribution < 1.29 is 13.5 Å². The van der Waals surface area contributed by atoms with Crippen LogP contribution in [0.15, 0.2) is 61.2 Å². The lowest BCUT2D eigenvalue weighted by Gasteiger charge is -2.41. The zero-order valence-electron chi connectivity index (χ0n) is 19.3. The molecular formula is C30H32F2O. The molecule has 2 aliphatic carbocycles. The summed E-state index contributed by atoms with van der Waals surface area (Å²) in [6.07, 6.45) is 13.3. The van der Waals surface area contributed by atoms with Crippen LogP contribution in [0.5, 0.6) is 5.75 Å². The first-order valence-electron chi connectivity index (χ1n) is 12.0. The highest BCUT2D eigenvalue weighted by molar-refractivity contribution is 5.46. The third kappa shape index (κ3) is 5.74. The van der Waals surface area contributed by atoms with Gasteiger partial charge < -0.3 is 4.74 Å². The maximum Gasteiger partial charge on any atom is 0.166 e. The summed E-state index contributed by atoms with van der Waals surface area (Å²) >= 11 is 0. The van der Waals surface area contributed by atoms with Crippen molar-refractivity contribution in [3.63, 3.8) is 0 Å². The van der Waals surface area contributed by atoms with Crippen molar-refractivity contribution in [1.82, 2.24) is 0 Å². The van der Waals surface area contributed by atoms with Gasteiger partial charge in [0.25, 0.3) is 0 Å². The fourth-order valence-electron chi connectivity index (χ4n) is 5.58. The second-order valence-electron chi connectivity index (χ2n) is 9.36. The molecule has 1 nitrogen and oxygen atoms in total. The summed E-state index contributed by atoms with van der Waals surface area (Å²) in [4.78, 5) is 0. The van der Waals surface area contributed by atoms with Crippen LogP contribution in [0.2, 0.25) is 0 Å². The summed E-state index contributed by atoms with van der Waals surface area (Å²) in [5.74, 6) is 7.94. The Balaban J connectivity index is 1.41. The van der Waals surface area contributed by atoms with E-state index in [1.807, 2.05) is 12.1 Å². The van der Waals surface area contributed by atoms with Crippen molar-refractivity contribution in [2.75, 3.05) is 6.61 Å². The van der Waals surface area contributed by atoms with E-state index in [1.165, 1.54) is 37.8 Å². The molecule has 2 fully saturated rings. The van der Waals surface area contributed by atoms with Gasteiger partial charge in [-0.05, 0) is 105 Å². The number of fused-ring (bicyclic) bond motifs is 1. The molecule has 2 aromatic rings. The van der Waals surface area contributed by atoms with Crippen molar-refractivity contribution in [1.29, 1.82) is 0 Å². The van der Waals surface area contributed by atoms with E-state index < -0.39 is 5.82 Å². The molecule has 0 bridgehead atoms. The molecular weight excluding hydrogens is 414 g/mol. The summed E-state index contributed by atoms with van der Waals surface area (Å²) < 4.78 is 34.4. The first-order chi connectivity index (χ1) is 16.1. The first-order valence-corrected chi connectivity index (χ1v) is 12.0. The zero-order valence-corrected chi connectivity index (χ0v) is 19.3. The Labute approximate surface area is 196 Å². The summed E-state index contributed by atoms with van der Waals surface area (Å²) in [6.45, 7) is 5.90. The summed E-state index contributed by atoms with van der Waals surface area (Å²) in [7, 11) is 0. The molecule has 4 atom stereocenters. The lowest BCUT2D eigenvalue weighted by atomic mass is 9.64. The molecule has 172 valence electrons. The van der Waals surface area contributed by atoms with Gasteiger partial charge in [-0.25, -0.2) is 8.78 Å². The summed E-state index contributed by atoms with van der Waals surface area (Å²) in [5.41, 5.74) is 1.95. The second-order valence-corrected chi connectivity index (χ2v) is 9.36. The highest BCUT2D eigenvalue weighted by Crippen LogP contribution is 2.48. The summed E-state index contributed by atoms with van der Waals surface area (Å²) in [6, 6.07) is 9.90. The zero-order chi connectivity index (χ0) is 23.2. The molecule has 4 unspecified atom stereocenters. The molecule has 0 radical (unpaired) electrons. The van der Waals surface area contributed by atoms with Gasteiger partial charge in [0, 0.05) is 11.1 Å². The van der Waals surface area contributed by atoms with Gasteiger partial charge in [0.05, 0.1) is 0 Å². The third-order valence-corrected chi connectivity index (χ3v) is 7.20. The largest absolute Gasteiger partial charge is 0.486 e. The molecule has 0 heterocycles. The molecule has 2 aromatic carbocycles. The topological polar surface area (TPSA) is 9.23 Å². The van der Waals surface area contributed by atoms with Gasteiger partial charge in [-0.2, -0.15) is 0 Å². The van der Waals surface area contributed by atoms with Crippen LogP contribution in [0.4, 0.5) is 8.78 Å². The van der Waals surface area contributed by atoms with Crippen LogP contribution < -0.4 is 4.74 Å². The minimum absolute atomic E-state index is 0.167. The van der Waals surface area contributed by atoms with Crippen molar-refractivity contribution in [3.8, 4) is 17.6 Å². The molecule has 0 spiro atoms. The molecule has 0 aliphatic heterocycles. The predicted octanol–water partition coefficient (Wildman–Crippen LogP) is 7.81. The lowest BCUT2D eigenvalue weighted by Crippen LogP contribution is -2.30. The Bertz CT molecular complexity index is 1070. The lowest BCUT2D eigenvalue weighted by molar-refractivity contribution is 0.132. The number of hydrogen-bond donors (Lipinski definition) is 0. The van der Waals surface area contributed by atoms with Crippen LogP contribution in [0.25, 0.3) is 0 Å². The number of allylic oxidation sites excluding steroid dienone is 2. The molecule has 3 heteroatoms. The Morgan fingerprint density at radius 2 is 1.64 bits per heavy atom. The second kappa shape index (κ2) is 10.8. The van der Waals surface area contributed by atoms with Gasteiger partial charge in [-0.3, -0.25) is 0 Å². The van der Waals surface area contributed by atoms with Crippen molar-refractivity contribution in [2.24, 2.45) is 17.8 Å². The first kappa shape index (κ1) is 23.3. The minimum atomic E-state index is -0.472. The van der Waals surface area contributed by atoms with E-state index in [0.29, 0.717) is 17.0 Å². The van der Waals surface area contributed by atoms with Crippen molar-refractivity contribution in [2.45, 2.75) is 51.4 Å². The van der Waals surface area contributed by atoms with E-state index in [1.54, 1.807) is 18.2 Å². The van der Waals surface area contributed by atoms with Crippen molar-refractivity contribution >= 4 is 0 Å². The van der Waals surface area contributed by atoms with Crippen molar-refractivity contribution in [3.05, 3.63) is 89.5 Å². The molecule has 0 amide bonds. The Morgan fingerprint density at radius 1 is 0.939 bits per heavy atom. The summed E-state index contributed by atoms with van der Waals surface area (Å²) in [5, 5.41) is 0. The Morgan fingerprint density at radius 3 is 2.33 bits per heavy atom. The van der Waals surface area contributed by atoms with Crippen LogP contribution in [-0.4, -0.2) is 6.61 Å². The van der Waals surface area contributed by atoms with Crippen LogP contribution >= 0.6 is 0 Å². The maximum atomic E-state index is 15.0. The minimum Gasteiger partial charge on any atom is -0.486 e. The predicted molar refractivity (Wildman–Crippen MR) is 130 cm³/mol. The normalized spacial score (nSPS) is 24.6. The Hall–Kier alpha value is -2.86. The van der Waals surface area contributed by atoms with Gasteiger partial charge in [0.2, 0.25) is 0 Å². The monoisotopic (exact) mass is 446 g/mol. The standard InChI is InChI=1S/C30H32F2O/c1-3-5-21-8-11-25-20-26(13-12-24(25)17-21)27-14-9-22(18-28(27)31)6-7-23-10-15-30(29(32)19-23)33-16-4-2/h3-5,9-10,14-15,18-19,21,24-26H,2,8,11-13,16-17,20H2,1H3/b5-3+. The van der Waals surface area contributed by atoms with Gasteiger partial charge >= 0.3 is 0 Å². The average molecular weight is 447 g/mol. The van der Waals surface area contributed by atoms with Gasteiger partial charge in [-0.1, -0.05) is 42.7 Å². The van der Waals surface area contributed by atoms with Crippen LogP contribution in [0.1, 0.15) is 68.1 Å². The highest BCUT2D eigenvalue weighted by atomic mass is 19.1. The van der Waals surface area contributed by atoms with E-state index in [0.717, 1.165) is 36.2 Å². The number of halogens is 2. The molecule has 0 aromatic heterocycles. The average Bonchev–Trinajstić information content (AvgIpc) is 2.82. The molecule has 2 aliphatic rings. The third-order valence-electron chi connectivity index (χ3n) is 7.20. The smallest absolute Gasteiger partial charge is 0.166 e. The van der Waals surface area contributed by atoms with E-state index in [2.05, 4.69) is 37.5 Å². The molecule has 0 saturated heterocycles. The number of benzene rings is 2. The van der Waals surface area contributed by atoms with E-state index in [-0.39, 0.29) is 18.2 Å². The quantitative estimate of drug-likeness (QED) is 0.336. The molecule has 0 N–H and O–H groups in total. The molecule has 2 saturated carbocycles. The Kier molecular flexibility index (Phi) is 7.65. The van der Waals surface area contributed by atoms with Crippen LogP contribution in [0.3, 0.4) is 0 Å². The SMILES string of the molecule is C=CCOc1ccc(C#Cc2ccc(C3CCC4CC(/C=C/C)CCC4C3)c(F)c2)cc1F. The van der Waals surface area contributed by atoms with E-state index >= 15 is 4.39 Å². The van der Waals surface area contributed by atoms with E-state index in [9.17, 15) is 4.39 Å². The highest BCUT2D eigenvalue weighted by Gasteiger charge is 2.35. The number of hydrogen-bond acceptors (Lipinski definition) is 1. The van der Waals surface area contributed by atoms with E-state index in [4.69, 9.17) is 4.74 Å². The molecule has 4 rings (SSSR count). The van der Waals surface area contributed by atoms with Gasteiger partial charge in [-0.15, -0.1) is 0 Å². The molecule has 33 heavy (non-hydrogen) atoms. The number of ether oxygens (including phenoxy) is 1. The fourth-order valence-corrected chi connectivity index (χ4v) is 5.58. The fraction of sp³-hybridized carbons (Fsp3) is 0.400.